The first-order valence-corrected chi connectivity index (χ1v) is 4.86. The quantitative estimate of drug-likeness (QED) is 0.787. The zero-order valence-corrected chi connectivity index (χ0v) is 8.21. The maximum atomic E-state index is 9.03. The van der Waals surface area contributed by atoms with Gasteiger partial charge in [-0.15, -0.1) is 0 Å². The largest absolute Gasteiger partial charge is 0.392 e. The van der Waals surface area contributed by atoms with Crippen molar-refractivity contribution in [3.8, 4) is 0 Å². The van der Waals surface area contributed by atoms with Gasteiger partial charge in [-0.3, -0.25) is 0 Å². The SMILES string of the molecule is OCc1ccc(Br)nc1C1CC1. The molecule has 12 heavy (non-hydrogen) atoms. The molecule has 1 saturated carbocycles. The molecule has 1 fully saturated rings. The van der Waals surface area contributed by atoms with Gasteiger partial charge < -0.3 is 5.11 Å². The van der Waals surface area contributed by atoms with E-state index >= 15 is 0 Å². The monoisotopic (exact) mass is 227 g/mol. The summed E-state index contributed by atoms with van der Waals surface area (Å²) < 4.78 is 0.863. The van der Waals surface area contributed by atoms with E-state index in [2.05, 4.69) is 20.9 Å². The zero-order valence-electron chi connectivity index (χ0n) is 6.63. The highest BCUT2D eigenvalue weighted by molar-refractivity contribution is 9.10. The molecule has 2 nitrogen and oxygen atoms in total. The molecule has 1 aliphatic carbocycles. The van der Waals surface area contributed by atoms with E-state index < -0.39 is 0 Å². The van der Waals surface area contributed by atoms with E-state index in [0.717, 1.165) is 15.9 Å². The van der Waals surface area contributed by atoms with E-state index in [1.54, 1.807) is 0 Å². The van der Waals surface area contributed by atoms with E-state index in [0.29, 0.717) is 5.92 Å². The first-order chi connectivity index (χ1) is 5.81. The first-order valence-electron chi connectivity index (χ1n) is 4.07. The summed E-state index contributed by atoms with van der Waals surface area (Å²) in [6, 6.07) is 3.81. The number of aliphatic hydroxyl groups excluding tert-OH is 1. The van der Waals surface area contributed by atoms with Crippen molar-refractivity contribution in [1.82, 2.24) is 4.98 Å². The Morgan fingerprint density at radius 3 is 2.83 bits per heavy atom. The average Bonchev–Trinajstić information content (AvgIpc) is 2.87. The van der Waals surface area contributed by atoms with Crippen LogP contribution in [0.1, 0.15) is 30.0 Å². The number of aromatic nitrogens is 1. The molecule has 0 atom stereocenters. The Kier molecular flexibility index (Phi) is 2.15. The topological polar surface area (TPSA) is 33.1 Å². The predicted octanol–water partition coefficient (Wildman–Crippen LogP) is 2.21. The third-order valence-corrected chi connectivity index (χ3v) is 2.55. The molecular weight excluding hydrogens is 218 g/mol. The van der Waals surface area contributed by atoms with Crippen LogP contribution in [0.5, 0.6) is 0 Å². The van der Waals surface area contributed by atoms with Crippen LogP contribution >= 0.6 is 15.9 Å². The molecule has 0 aliphatic heterocycles. The summed E-state index contributed by atoms with van der Waals surface area (Å²) in [5.74, 6) is 0.602. The van der Waals surface area contributed by atoms with Gasteiger partial charge in [0.15, 0.2) is 0 Å². The average molecular weight is 228 g/mol. The molecule has 1 heterocycles. The molecule has 1 aliphatic rings. The second-order valence-corrected chi connectivity index (χ2v) is 3.92. The van der Waals surface area contributed by atoms with Crippen LogP contribution in [0.3, 0.4) is 0 Å². The zero-order chi connectivity index (χ0) is 8.55. The lowest BCUT2D eigenvalue weighted by molar-refractivity contribution is 0.280. The predicted molar refractivity (Wildman–Crippen MR) is 49.8 cm³/mol. The molecule has 0 spiro atoms. The Hall–Kier alpha value is -0.410. The summed E-state index contributed by atoms with van der Waals surface area (Å²) in [6.07, 6.45) is 2.44. The Balaban J connectivity index is 2.39. The van der Waals surface area contributed by atoms with Crippen LogP contribution in [0.4, 0.5) is 0 Å². The van der Waals surface area contributed by atoms with Gasteiger partial charge in [-0.1, -0.05) is 6.07 Å². The third-order valence-electron chi connectivity index (χ3n) is 2.11. The molecule has 0 bridgehead atoms. The fourth-order valence-electron chi connectivity index (χ4n) is 1.32. The van der Waals surface area contributed by atoms with Crippen molar-refractivity contribution in [2.75, 3.05) is 0 Å². The lowest BCUT2D eigenvalue weighted by Gasteiger charge is -2.04. The van der Waals surface area contributed by atoms with Crippen LogP contribution < -0.4 is 0 Å². The Bertz CT molecular complexity index is 297. The van der Waals surface area contributed by atoms with Crippen LogP contribution in [0, 0.1) is 0 Å². The van der Waals surface area contributed by atoms with Gasteiger partial charge in [-0.05, 0) is 40.4 Å². The molecular formula is C9H10BrNO. The second-order valence-electron chi connectivity index (χ2n) is 3.11. The van der Waals surface area contributed by atoms with E-state index in [9.17, 15) is 0 Å². The minimum atomic E-state index is 0.103. The molecule has 3 heteroatoms. The van der Waals surface area contributed by atoms with Crippen LogP contribution in [0.15, 0.2) is 16.7 Å². The molecule has 0 radical (unpaired) electrons. The summed E-state index contributed by atoms with van der Waals surface area (Å²) in [4.78, 5) is 4.36. The fraction of sp³-hybridized carbons (Fsp3) is 0.444. The van der Waals surface area contributed by atoms with Gasteiger partial charge in [-0.2, -0.15) is 0 Å². The molecule has 2 rings (SSSR count). The number of rotatable bonds is 2. The van der Waals surface area contributed by atoms with Gasteiger partial charge in [0.2, 0.25) is 0 Å². The van der Waals surface area contributed by atoms with Crippen molar-refractivity contribution in [3.05, 3.63) is 28.0 Å². The third kappa shape index (κ3) is 1.52. The molecule has 0 aromatic carbocycles. The van der Waals surface area contributed by atoms with E-state index in [1.165, 1.54) is 12.8 Å². The molecule has 64 valence electrons. The Morgan fingerprint density at radius 2 is 2.25 bits per heavy atom. The fourth-order valence-corrected chi connectivity index (χ4v) is 1.65. The number of nitrogens with zero attached hydrogens (tertiary/aromatic N) is 1. The highest BCUT2D eigenvalue weighted by Crippen LogP contribution is 2.40. The summed E-state index contributed by atoms with van der Waals surface area (Å²) >= 11 is 3.33. The molecule has 1 aromatic heterocycles. The van der Waals surface area contributed by atoms with Crippen molar-refractivity contribution in [1.29, 1.82) is 0 Å². The summed E-state index contributed by atoms with van der Waals surface area (Å²) in [5, 5.41) is 9.03. The van der Waals surface area contributed by atoms with E-state index in [-0.39, 0.29) is 6.61 Å². The standard InChI is InChI=1S/C9H10BrNO/c10-8-4-3-7(5-12)9(11-8)6-1-2-6/h3-4,6,12H,1-2,5H2. The number of pyridine rings is 1. The van der Waals surface area contributed by atoms with Gasteiger partial charge in [-0.25, -0.2) is 4.98 Å². The normalized spacial score (nSPS) is 16.5. The van der Waals surface area contributed by atoms with Crippen molar-refractivity contribution in [2.24, 2.45) is 0 Å². The van der Waals surface area contributed by atoms with Gasteiger partial charge in [0.25, 0.3) is 0 Å². The second kappa shape index (κ2) is 3.15. The van der Waals surface area contributed by atoms with Gasteiger partial charge >= 0.3 is 0 Å². The van der Waals surface area contributed by atoms with Crippen molar-refractivity contribution in [2.45, 2.75) is 25.4 Å². The summed E-state index contributed by atoms with van der Waals surface area (Å²) in [6.45, 7) is 0.103. The molecule has 0 unspecified atom stereocenters. The molecule has 1 N–H and O–H groups in total. The van der Waals surface area contributed by atoms with Gasteiger partial charge in [0.05, 0.1) is 12.3 Å². The van der Waals surface area contributed by atoms with Crippen LogP contribution in [-0.4, -0.2) is 10.1 Å². The molecule has 0 amide bonds. The number of aliphatic hydroxyl groups is 1. The highest BCUT2D eigenvalue weighted by Gasteiger charge is 2.27. The lowest BCUT2D eigenvalue weighted by Crippen LogP contribution is -1.95. The first kappa shape index (κ1) is 8.20. The maximum Gasteiger partial charge on any atom is 0.106 e. The summed E-state index contributed by atoms with van der Waals surface area (Å²) in [7, 11) is 0. The maximum absolute atomic E-state index is 9.03. The number of halogens is 1. The van der Waals surface area contributed by atoms with Crippen molar-refractivity contribution in [3.63, 3.8) is 0 Å². The minimum Gasteiger partial charge on any atom is -0.392 e. The minimum absolute atomic E-state index is 0.103. The van der Waals surface area contributed by atoms with Crippen molar-refractivity contribution >= 4 is 15.9 Å². The Morgan fingerprint density at radius 1 is 1.50 bits per heavy atom. The van der Waals surface area contributed by atoms with Gasteiger partial charge in [0, 0.05) is 5.92 Å². The number of hydrogen-bond acceptors (Lipinski definition) is 2. The number of hydrogen-bond donors (Lipinski definition) is 1. The Labute approximate surface area is 79.8 Å². The van der Waals surface area contributed by atoms with E-state index in [1.807, 2.05) is 12.1 Å². The van der Waals surface area contributed by atoms with Crippen LogP contribution in [-0.2, 0) is 6.61 Å². The smallest absolute Gasteiger partial charge is 0.106 e. The van der Waals surface area contributed by atoms with Crippen molar-refractivity contribution < 1.29 is 5.11 Å². The lowest BCUT2D eigenvalue weighted by atomic mass is 10.1. The molecule has 1 aromatic rings. The highest BCUT2D eigenvalue weighted by atomic mass is 79.9. The van der Waals surface area contributed by atoms with E-state index in [4.69, 9.17) is 5.11 Å². The van der Waals surface area contributed by atoms with Gasteiger partial charge in [0.1, 0.15) is 4.60 Å². The molecule has 0 saturated heterocycles. The van der Waals surface area contributed by atoms with Crippen LogP contribution in [0.25, 0.3) is 0 Å². The summed E-state index contributed by atoms with van der Waals surface area (Å²) in [5.41, 5.74) is 2.05. The van der Waals surface area contributed by atoms with Crippen LogP contribution in [0.2, 0.25) is 0 Å².